The number of rotatable bonds is 1. The van der Waals surface area contributed by atoms with E-state index >= 15 is 0 Å². The first-order valence-electron chi connectivity index (χ1n) is 9.49. The number of aryl methyl sites for hydroxylation is 1. The Hall–Kier alpha value is -2.62. The molecular formula is C22H22N2O2. The third-order valence-corrected chi connectivity index (χ3v) is 6.15. The fourth-order valence-electron chi connectivity index (χ4n) is 4.89. The number of phenols is 1. The van der Waals surface area contributed by atoms with Gasteiger partial charge in [0, 0.05) is 36.7 Å². The van der Waals surface area contributed by atoms with Crippen molar-refractivity contribution in [1.29, 1.82) is 0 Å². The molecule has 26 heavy (non-hydrogen) atoms. The highest BCUT2D eigenvalue weighted by molar-refractivity contribution is 5.96. The van der Waals surface area contributed by atoms with Crippen molar-refractivity contribution in [2.24, 2.45) is 4.99 Å². The number of aromatic hydroxyl groups is 1. The van der Waals surface area contributed by atoms with Gasteiger partial charge in [-0.2, -0.15) is 0 Å². The number of fused-ring (bicyclic) bond motifs is 4. The van der Waals surface area contributed by atoms with E-state index in [-0.39, 0.29) is 11.9 Å². The summed E-state index contributed by atoms with van der Waals surface area (Å²) < 4.78 is 0. The number of nitrogens with zero attached hydrogens (tertiary/aromatic N) is 2. The van der Waals surface area contributed by atoms with Crippen LogP contribution in [0.4, 0.5) is 5.69 Å². The van der Waals surface area contributed by atoms with E-state index in [0.29, 0.717) is 11.7 Å². The Bertz CT molecular complexity index is 918. The molecular weight excluding hydrogens is 324 g/mol. The van der Waals surface area contributed by atoms with E-state index < -0.39 is 0 Å². The van der Waals surface area contributed by atoms with Gasteiger partial charge in [-0.15, -0.1) is 0 Å². The standard InChI is InChI=1S/C22H22N2O2/c25-17-7-5-14-6-8-21-18(19(14)13-17)2-1-11-24(21)22(26)16-4-3-15-9-10-23-20(15)12-16/h3-5,7,10,12-13,18,21,25H,1-2,6,8-9,11H2/t18?,21-/m1/s1. The second-order valence-corrected chi connectivity index (χ2v) is 7.60. The number of benzene rings is 2. The third-order valence-electron chi connectivity index (χ3n) is 6.15. The van der Waals surface area contributed by atoms with Crippen LogP contribution in [0.1, 0.15) is 52.2 Å². The SMILES string of the molecule is O=C(c1ccc2c(c1)N=CC2)N1CCCC2c3cc(O)ccc3CC[C@H]21. The van der Waals surface area contributed by atoms with Crippen LogP contribution >= 0.6 is 0 Å². The molecule has 4 nitrogen and oxygen atoms in total. The van der Waals surface area contributed by atoms with Crippen LogP contribution in [-0.2, 0) is 12.8 Å². The van der Waals surface area contributed by atoms with Crippen molar-refractivity contribution in [3.8, 4) is 5.75 Å². The van der Waals surface area contributed by atoms with Crippen LogP contribution in [-0.4, -0.2) is 34.7 Å². The minimum absolute atomic E-state index is 0.119. The molecule has 3 aliphatic rings. The number of phenolic OH excluding ortho intramolecular Hbond substituents is 1. The molecule has 1 N–H and O–H groups in total. The molecule has 132 valence electrons. The van der Waals surface area contributed by atoms with Gasteiger partial charge in [-0.3, -0.25) is 9.79 Å². The maximum atomic E-state index is 13.3. The molecule has 2 aliphatic heterocycles. The lowest BCUT2D eigenvalue weighted by Gasteiger charge is -2.45. The molecule has 0 radical (unpaired) electrons. The molecule has 0 aromatic heterocycles. The van der Waals surface area contributed by atoms with Crippen LogP contribution in [0.2, 0.25) is 0 Å². The van der Waals surface area contributed by atoms with Crippen molar-refractivity contribution in [3.63, 3.8) is 0 Å². The molecule has 0 spiro atoms. The number of hydrogen-bond acceptors (Lipinski definition) is 3. The second-order valence-electron chi connectivity index (χ2n) is 7.60. The van der Waals surface area contributed by atoms with E-state index in [1.54, 1.807) is 6.07 Å². The number of piperidine rings is 1. The van der Waals surface area contributed by atoms with Gasteiger partial charge in [0.05, 0.1) is 5.69 Å². The first kappa shape index (κ1) is 15.6. The lowest BCUT2D eigenvalue weighted by molar-refractivity contribution is 0.0547. The van der Waals surface area contributed by atoms with Crippen LogP contribution < -0.4 is 0 Å². The highest BCUT2D eigenvalue weighted by Crippen LogP contribution is 2.42. The van der Waals surface area contributed by atoms with Gasteiger partial charge >= 0.3 is 0 Å². The molecule has 1 saturated heterocycles. The van der Waals surface area contributed by atoms with Gasteiger partial charge in [0.1, 0.15) is 5.75 Å². The molecule has 0 saturated carbocycles. The summed E-state index contributed by atoms with van der Waals surface area (Å²) in [5.41, 5.74) is 5.43. The number of hydrogen-bond donors (Lipinski definition) is 1. The Morgan fingerprint density at radius 2 is 2.00 bits per heavy atom. The summed E-state index contributed by atoms with van der Waals surface area (Å²) in [5, 5.41) is 9.93. The van der Waals surface area contributed by atoms with Gasteiger partial charge in [0.25, 0.3) is 5.91 Å². The molecule has 4 heteroatoms. The monoisotopic (exact) mass is 346 g/mol. The van der Waals surface area contributed by atoms with E-state index in [1.165, 1.54) is 16.7 Å². The summed E-state index contributed by atoms with van der Waals surface area (Å²) in [5.74, 6) is 0.772. The Morgan fingerprint density at radius 3 is 2.92 bits per heavy atom. The molecule has 2 aromatic rings. The average Bonchev–Trinajstić information content (AvgIpc) is 3.14. The predicted octanol–water partition coefficient (Wildman–Crippen LogP) is 3.99. The van der Waals surface area contributed by atoms with E-state index in [9.17, 15) is 9.90 Å². The quantitative estimate of drug-likeness (QED) is 0.849. The smallest absolute Gasteiger partial charge is 0.254 e. The fraction of sp³-hybridized carbons (Fsp3) is 0.364. The lowest BCUT2D eigenvalue weighted by atomic mass is 9.74. The maximum absolute atomic E-state index is 13.3. The Kier molecular flexibility index (Phi) is 3.59. The number of aliphatic imine (C=N–C) groups is 1. The molecule has 1 unspecified atom stereocenters. The Balaban J connectivity index is 1.47. The van der Waals surface area contributed by atoms with Gasteiger partial charge in [-0.05, 0) is 66.6 Å². The number of carbonyl (C=O) groups excluding carboxylic acids is 1. The normalized spacial score (nSPS) is 23.3. The first-order valence-corrected chi connectivity index (χ1v) is 9.49. The van der Waals surface area contributed by atoms with Crippen molar-refractivity contribution in [2.75, 3.05) is 6.54 Å². The summed E-state index contributed by atoms with van der Waals surface area (Å²) in [4.78, 5) is 19.7. The zero-order chi connectivity index (χ0) is 17.7. The van der Waals surface area contributed by atoms with E-state index in [1.807, 2.05) is 36.5 Å². The zero-order valence-corrected chi connectivity index (χ0v) is 14.7. The second kappa shape index (κ2) is 5.97. The molecule has 1 amide bonds. The van der Waals surface area contributed by atoms with Crippen molar-refractivity contribution in [2.45, 2.75) is 44.1 Å². The lowest BCUT2D eigenvalue weighted by Crippen LogP contribution is -2.49. The Labute approximate surface area is 153 Å². The minimum Gasteiger partial charge on any atom is -0.508 e. The fourth-order valence-corrected chi connectivity index (χ4v) is 4.89. The maximum Gasteiger partial charge on any atom is 0.254 e. The molecule has 0 bridgehead atoms. The van der Waals surface area contributed by atoms with Gasteiger partial charge in [-0.25, -0.2) is 0 Å². The zero-order valence-electron chi connectivity index (χ0n) is 14.7. The van der Waals surface area contributed by atoms with Crippen molar-refractivity contribution in [1.82, 2.24) is 4.90 Å². The molecule has 2 atom stereocenters. The first-order chi connectivity index (χ1) is 12.7. The van der Waals surface area contributed by atoms with E-state index in [0.717, 1.165) is 49.9 Å². The summed E-state index contributed by atoms with van der Waals surface area (Å²) in [6, 6.07) is 11.9. The molecule has 5 rings (SSSR count). The van der Waals surface area contributed by atoms with Crippen LogP contribution in [0.3, 0.4) is 0 Å². The van der Waals surface area contributed by atoms with Crippen LogP contribution in [0.25, 0.3) is 0 Å². The predicted molar refractivity (Wildman–Crippen MR) is 102 cm³/mol. The number of likely N-dealkylation sites (tertiary alicyclic amines) is 1. The summed E-state index contributed by atoms with van der Waals surface area (Å²) in [6.07, 6.45) is 6.82. The topological polar surface area (TPSA) is 52.9 Å². The van der Waals surface area contributed by atoms with E-state index in [4.69, 9.17) is 0 Å². The summed E-state index contributed by atoms with van der Waals surface area (Å²) >= 11 is 0. The summed E-state index contributed by atoms with van der Waals surface area (Å²) in [6.45, 7) is 0.814. The highest BCUT2D eigenvalue weighted by Gasteiger charge is 2.38. The van der Waals surface area contributed by atoms with Crippen molar-refractivity contribution in [3.05, 3.63) is 58.7 Å². The largest absolute Gasteiger partial charge is 0.508 e. The van der Waals surface area contributed by atoms with Gasteiger partial charge in [0.2, 0.25) is 0 Å². The van der Waals surface area contributed by atoms with Crippen LogP contribution in [0, 0.1) is 0 Å². The molecule has 2 heterocycles. The van der Waals surface area contributed by atoms with Gasteiger partial charge < -0.3 is 10.0 Å². The molecule has 2 aromatic carbocycles. The third kappa shape index (κ3) is 2.44. The van der Waals surface area contributed by atoms with Gasteiger partial charge in [0.15, 0.2) is 0 Å². The number of carbonyl (C=O) groups is 1. The minimum atomic E-state index is 0.119. The average molecular weight is 346 g/mol. The van der Waals surface area contributed by atoms with Crippen molar-refractivity contribution >= 4 is 17.8 Å². The Morgan fingerprint density at radius 1 is 1.12 bits per heavy atom. The summed E-state index contributed by atoms with van der Waals surface area (Å²) in [7, 11) is 0. The number of amides is 1. The van der Waals surface area contributed by atoms with E-state index in [2.05, 4.69) is 9.89 Å². The van der Waals surface area contributed by atoms with Crippen LogP contribution in [0.5, 0.6) is 5.75 Å². The van der Waals surface area contributed by atoms with Crippen LogP contribution in [0.15, 0.2) is 41.4 Å². The van der Waals surface area contributed by atoms with Crippen molar-refractivity contribution < 1.29 is 9.90 Å². The molecule has 1 aliphatic carbocycles. The highest BCUT2D eigenvalue weighted by atomic mass is 16.3. The molecule has 1 fully saturated rings. The van der Waals surface area contributed by atoms with Gasteiger partial charge in [-0.1, -0.05) is 12.1 Å².